The van der Waals surface area contributed by atoms with Gasteiger partial charge in [0.25, 0.3) is 0 Å². The van der Waals surface area contributed by atoms with Gasteiger partial charge in [0.1, 0.15) is 0 Å². The molecule has 0 atom stereocenters. The maximum absolute atomic E-state index is 11.6. The molecule has 1 aromatic heterocycles. The van der Waals surface area contributed by atoms with Crippen LogP contribution in [0.3, 0.4) is 0 Å². The third kappa shape index (κ3) is 1.77. The van der Waals surface area contributed by atoms with E-state index in [1.165, 1.54) is 24.2 Å². The summed E-state index contributed by atoms with van der Waals surface area (Å²) in [6.07, 6.45) is 3.24. The molecule has 0 spiro atoms. The van der Waals surface area contributed by atoms with Gasteiger partial charge in [-0.3, -0.25) is 4.79 Å². The molecule has 0 unspecified atom stereocenters. The number of hydrogen-bond acceptors (Lipinski definition) is 2. The Balaban J connectivity index is 2.07. The van der Waals surface area contributed by atoms with Gasteiger partial charge in [-0.25, -0.2) is 0 Å². The Labute approximate surface area is 83.9 Å². The molecule has 0 N–H and O–H groups in total. The van der Waals surface area contributed by atoms with Gasteiger partial charge in [-0.15, -0.1) is 11.3 Å². The molecule has 3 heteroatoms. The van der Waals surface area contributed by atoms with Crippen LogP contribution >= 0.6 is 27.3 Å². The van der Waals surface area contributed by atoms with Crippen molar-refractivity contribution < 1.29 is 4.79 Å². The highest BCUT2D eigenvalue weighted by Gasteiger charge is 2.25. The molecule has 0 aliphatic heterocycles. The summed E-state index contributed by atoms with van der Waals surface area (Å²) in [5.41, 5.74) is 0. The van der Waals surface area contributed by atoms with Crippen molar-refractivity contribution in [1.82, 2.24) is 0 Å². The zero-order valence-electron chi connectivity index (χ0n) is 6.55. The highest BCUT2D eigenvalue weighted by molar-refractivity contribution is 9.10. The fourth-order valence-corrected chi connectivity index (χ4v) is 2.71. The normalized spacial score (nSPS) is 16.4. The third-order valence-corrected chi connectivity index (χ3v) is 3.92. The Bertz CT molecular complexity index is 301. The van der Waals surface area contributed by atoms with Crippen LogP contribution in [-0.2, 0) is 0 Å². The maximum Gasteiger partial charge on any atom is 0.174 e. The van der Waals surface area contributed by atoms with Crippen LogP contribution in [0.25, 0.3) is 0 Å². The zero-order chi connectivity index (χ0) is 8.55. The summed E-state index contributed by atoms with van der Waals surface area (Å²) in [4.78, 5) is 12.4. The van der Waals surface area contributed by atoms with E-state index in [1.54, 1.807) is 0 Å². The summed E-state index contributed by atoms with van der Waals surface area (Å²) < 4.78 is 0.957. The van der Waals surface area contributed by atoms with E-state index < -0.39 is 0 Å². The summed E-state index contributed by atoms with van der Waals surface area (Å²) in [5, 5.41) is 1.95. The van der Waals surface area contributed by atoms with Crippen molar-refractivity contribution in [3.8, 4) is 0 Å². The van der Waals surface area contributed by atoms with E-state index in [0.29, 0.717) is 11.7 Å². The van der Waals surface area contributed by atoms with E-state index in [-0.39, 0.29) is 0 Å². The summed E-state index contributed by atoms with van der Waals surface area (Å²) >= 11 is 4.90. The highest BCUT2D eigenvalue weighted by atomic mass is 79.9. The van der Waals surface area contributed by atoms with Crippen LogP contribution in [0.2, 0.25) is 0 Å². The Morgan fingerprint density at radius 3 is 2.92 bits per heavy atom. The number of rotatable bonds is 3. The minimum absolute atomic E-state index is 0.305. The maximum atomic E-state index is 11.6. The van der Waals surface area contributed by atoms with Gasteiger partial charge in [-0.2, -0.15) is 0 Å². The minimum Gasteiger partial charge on any atom is -0.293 e. The Morgan fingerprint density at radius 1 is 1.67 bits per heavy atom. The molecule has 1 saturated carbocycles. The lowest BCUT2D eigenvalue weighted by Crippen LogP contribution is -1.97. The van der Waals surface area contributed by atoms with Crippen LogP contribution < -0.4 is 0 Å². The van der Waals surface area contributed by atoms with Crippen molar-refractivity contribution in [3.63, 3.8) is 0 Å². The summed E-state index contributed by atoms with van der Waals surface area (Å²) in [6.45, 7) is 0. The second-order valence-corrected chi connectivity index (χ2v) is 4.94. The smallest absolute Gasteiger partial charge is 0.174 e. The summed E-state index contributed by atoms with van der Waals surface area (Å²) in [6, 6.07) is 1.94. The third-order valence-electron chi connectivity index (χ3n) is 2.04. The molecule has 1 aliphatic rings. The molecule has 2 rings (SSSR count). The molecule has 1 fully saturated rings. The first-order valence-corrected chi connectivity index (χ1v) is 5.71. The van der Waals surface area contributed by atoms with Crippen LogP contribution in [0.4, 0.5) is 0 Å². The fourth-order valence-electron chi connectivity index (χ4n) is 1.17. The molecule has 1 nitrogen and oxygen atoms in total. The summed E-state index contributed by atoms with van der Waals surface area (Å²) in [7, 11) is 0. The standard InChI is InChI=1S/C9H9BrOS/c10-7-3-4-12-9(7)8(11)5-6-1-2-6/h3-4,6H,1-2,5H2. The molecule has 0 saturated heterocycles. The molecule has 12 heavy (non-hydrogen) atoms. The monoisotopic (exact) mass is 244 g/mol. The van der Waals surface area contributed by atoms with E-state index >= 15 is 0 Å². The molecule has 64 valence electrons. The predicted molar refractivity (Wildman–Crippen MR) is 53.7 cm³/mol. The van der Waals surface area contributed by atoms with Crippen LogP contribution in [0.15, 0.2) is 15.9 Å². The Hall–Kier alpha value is -0.150. The average molecular weight is 245 g/mol. The number of thiophene rings is 1. The Morgan fingerprint density at radius 2 is 2.42 bits per heavy atom. The van der Waals surface area contributed by atoms with Gasteiger partial charge in [0.05, 0.1) is 4.88 Å². The van der Waals surface area contributed by atoms with E-state index in [0.717, 1.165) is 15.8 Å². The van der Waals surface area contributed by atoms with E-state index in [2.05, 4.69) is 15.9 Å². The molecular formula is C9H9BrOS. The molecule has 0 bridgehead atoms. The lowest BCUT2D eigenvalue weighted by Gasteiger charge is -1.95. The number of carbonyl (C=O) groups excluding carboxylic acids is 1. The van der Waals surface area contributed by atoms with E-state index in [1.807, 2.05) is 11.4 Å². The van der Waals surface area contributed by atoms with Crippen LogP contribution in [0.1, 0.15) is 28.9 Å². The largest absolute Gasteiger partial charge is 0.293 e. The molecule has 1 aromatic rings. The second-order valence-electron chi connectivity index (χ2n) is 3.17. The van der Waals surface area contributed by atoms with Gasteiger partial charge in [0, 0.05) is 10.9 Å². The lowest BCUT2D eigenvalue weighted by atomic mass is 10.2. The first-order valence-electron chi connectivity index (χ1n) is 4.03. The van der Waals surface area contributed by atoms with Crippen LogP contribution in [0.5, 0.6) is 0 Å². The molecule has 0 aromatic carbocycles. The van der Waals surface area contributed by atoms with Crippen LogP contribution in [-0.4, -0.2) is 5.78 Å². The Kier molecular flexibility index (Phi) is 2.33. The number of halogens is 1. The average Bonchev–Trinajstić information content (AvgIpc) is 2.72. The van der Waals surface area contributed by atoms with Crippen molar-refractivity contribution in [2.24, 2.45) is 5.92 Å². The van der Waals surface area contributed by atoms with Crippen molar-refractivity contribution in [1.29, 1.82) is 0 Å². The van der Waals surface area contributed by atoms with Crippen molar-refractivity contribution in [2.75, 3.05) is 0 Å². The van der Waals surface area contributed by atoms with Gasteiger partial charge >= 0.3 is 0 Å². The van der Waals surface area contributed by atoms with E-state index in [4.69, 9.17) is 0 Å². The second kappa shape index (κ2) is 3.30. The van der Waals surface area contributed by atoms with Gasteiger partial charge in [0.15, 0.2) is 5.78 Å². The SMILES string of the molecule is O=C(CC1CC1)c1sccc1Br. The van der Waals surface area contributed by atoms with Gasteiger partial charge in [0.2, 0.25) is 0 Å². The van der Waals surface area contributed by atoms with E-state index in [9.17, 15) is 4.79 Å². The summed E-state index contributed by atoms with van der Waals surface area (Å²) in [5.74, 6) is 0.992. The topological polar surface area (TPSA) is 17.1 Å². The predicted octanol–water partition coefficient (Wildman–Crippen LogP) is 3.49. The lowest BCUT2D eigenvalue weighted by molar-refractivity contribution is 0.0979. The van der Waals surface area contributed by atoms with Crippen molar-refractivity contribution in [2.45, 2.75) is 19.3 Å². The van der Waals surface area contributed by atoms with Crippen molar-refractivity contribution >= 4 is 33.0 Å². The van der Waals surface area contributed by atoms with Gasteiger partial charge in [-0.05, 0) is 46.1 Å². The quantitative estimate of drug-likeness (QED) is 0.745. The van der Waals surface area contributed by atoms with Crippen LogP contribution in [0, 0.1) is 5.92 Å². The first kappa shape index (κ1) is 8.45. The molecule has 1 aliphatic carbocycles. The number of Topliss-reactive ketones (excluding diaryl/α,β-unsaturated/α-hetero) is 1. The molecule has 0 radical (unpaired) electrons. The molecule has 1 heterocycles. The first-order chi connectivity index (χ1) is 5.77. The highest BCUT2D eigenvalue weighted by Crippen LogP contribution is 2.35. The van der Waals surface area contributed by atoms with Gasteiger partial charge in [-0.1, -0.05) is 0 Å². The molecule has 0 amide bonds. The minimum atomic E-state index is 0.305. The number of carbonyl (C=O) groups is 1. The number of hydrogen-bond donors (Lipinski definition) is 0. The number of ketones is 1. The molecular weight excluding hydrogens is 236 g/mol. The zero-order valence-corrected chi connectivity index (χ0v) is 8.95. The van der Waals surface area contributed by atoms with Gasteiger partial charge < -0.3 is 0 Å². The fraction of sp³-hybridized carbons (Fsp3) is 0.444. The van der Waals surface area contributed by atoms with Crippen molar-refractivity contribution in [3.05, 3.63) is 20.8 Å².